The lowest BCUT2D eigenvalue weighted by molar-refractivity contribution is -0.123. The van der Waals surface area contributed by atoms with E-state index in [1.54, 1.807) is 12.1 Å². The molecule has 1 aromatic rings. The van der Waals surface area contributed by atoms with Gasteiger partial charge in [-0.15, -0.1) is 0 Å². The van der Waals surface area contributed by atoms with E-state index in [1.165, 1.54) is 12.1 Å². The molecule has 23 heavy (non-hydrogen) atoms. The van der Waals surface area contributed by atoms with Crippen LogP contribution in [0.5, 0.6) is 0 Å². The van der Waals surface area contributed by atoms with E-state index >= 15 is 0 Å². The zero-order valence-corrected chi connectivity index (χ0v) is 13.8. The second-order valence-corrected chi connectivity index (χ2v) is 7.96. The molecule has 1 heterocycles. The Morgan fingerprint density at radius 2 is 2.22 bits per heavy atom. The number of nitrogens with one attached hydrogen (secondary N) is 1. The number of nitrogens with two attached hydrogens (primary N) is 1. The van der Waals surface area contributed by atoms with Crippen molar-refractivity contribution in [3.63, 3.8) is 0 Å². The van der Waals surface area contributed by atoms with Gasteiger partial charge in [0, 0.05) is 13.0 Å². The van der Waals surface area contributed by atoms with Crippen molar-refractivity contribution in [2.75, 3.05) is 6.61 Å². The second kappa shape index (κ2) is 6.22. The Kier molecular flexibility index (Phi) is 4.44. The first-order valence-corrected chi connectivity index (χ1v) is 9.48. The molecule has 126 valence electrons. The molecule has 0 aromatic heterocycles. The van der Waals surface area contributed by atoms with Crippen LogP contribution in [0.15, 0.2) is 29.2 Å². The molecule has 1 amide bonds. The molecule has 1 saturated carbocycles. The molecule has 2 atom stereocenters. The van der Waals surface area contributed by atoms with E-state index in [4.69, 9.17) is 9.88 Å². The van der Waals surface area contributed by atoms with Crippen LogP contribution in [0.25, 0.3) is 0 Å². The summed E-state index contributed by atoms with van der Waals surface area (Å²) in [5.74, 6) is -0.0107. The van der Waals surface area contributed by atoms with E-state index in [2.05, 4.69) is 5.32 Å². The third-order valence-corrected chi connectivity index (χ3v) is 5.74. The van der Waals surface area contributed by atoms with Crippen LogP contribution in [0.2, 0.25) is 0 Å². The van der Waals surface area contributed by atoms with E-state index in [0.717, 1.165) is 31.2 Å². The molecule has 3 rings (SSSR count). The number of amides is 1. The third-order valence-electron chi connectivity index (χ3n) is 4.83. The van der Waals surface area contributed by atoms with Gasteiger partial charge >= 0.3 is 0 Å². The lowest BCUT2D eigenvalue weighted by atomic mass is 9.93. The van der Waals surface area contributed by atoms with Crippen LogP contribution in [-0.2, 0) is 26.0 Å². The first-order chi connectivity index (χ1) is 10.9. The normalized spacial score (nSPS) is 26.9. The predicted molar refractivity (Wildman–Crippen MR) is 85.2 cm³/mol. The van der Waals surface area contributed by atoms with E-state index < -0.39 is 10.0 Å². The highest BCUT2D eigenvalue weighted by Gasteiger charge is 2.48. The van der Waals surface area contributed by atoms with Gasteiger partial charge in [0.25, 0.3) is 0 Å². The predicted octanol–water partition coefficient (Wildman–Crippen LogP) is 1.09. The molecule has 2 aliphatic rings. The molecule has 2 fully saturated rings. The summed E-state index contributed by atoms with van der Waals surface area (Å²) in [4.78, 5) is 12.4. The maximum atomic E-state index is 12.3. The molecule has 0 radical (unpaired) electrons. The Balaban J connectivity index is 1.59. The Labute approximate surface area is 136 Å². The minimum absolute atomic E-state index is 0.0107. The fourth-order valence-electron chi connectivity index (χ4n) is 3.63. The van der Waals surface area contributed by atoms with Crippen LogP contribution in [-0.4, -0.2) is 32.6 Å². The van der Waals surface area contributed by atoms with E-state index in [0.29, 0.717) is 19.4 Å². The van der Waals surface area contributed by atoms with Gasteiger partial charge in [-0.1, -0.05) is 12.1 Å². The molecule has 0 bridgehead atoms. The van der Waals surface area contributed by atoms with Gasteiger partial charge in [0.05, 0.1) is 16.5 Å². The Bertz CT molecular complexity index is 692. The smallest absolute Gasteiger partial charge is 0.238 e. The summed E-state index contributed by atoms with van der Waals surface area (Å²) in [6.07, 6.45) is 4.91. The van der Waals surface area contributed by atoms with Gasteiger partial charge in [-0.05, 0) is 49.8 Å². The number of hydrogen-bond acceptors (Lipinski definition) is 4. The van der Waals surface area contributed by atoms with E-state index in [9.17, 15) is 13.2 Å². The SMILES string of the molecule is NS(=O)(=O)c1cccc(CCC(=O)N[C@]23CCC[C@H]2OCC3)c1. The van der Waals surface area contributed by atoms with E-state index in [-0.39, 0.29) is 22.4 Å². The summed E-state index contributed by atoms with van der Waals surface area (Å²) < 4.78 is 28.4. The average molecular weight is 338 g/mol. The molecule has 1 saturated heterocycles. The number of fused-ring (bicyclic) bond motifs is 1. The molecule has 7 heteroatoms. The van der Waals surface area contributed by atoms with Crippen LogP contribution in [0.4, 0.5) is 0 Å². The van der Waals surface area contributed by atoms with Crippen molar-refractivity contribution >= 4 is 15.9 Å². The molecular weight excluding hydrogens is 316 g/mol. The van der Waals surface area contributed by atoms with Crippen LogP contribution >= 0.6 is 0 Å². The number of carbonyl (C=O) groups is 1. The summed E-state index contributed by atoms with van der Waals surface area (Å²) in [5.41, 5.74) is 0.606. The number of hydrogen-bond donors (Lipinski definition) is 2. The molecule has 1 aromatic carbocycles. The zero-order valence-electron chi connectivity index (χ0n) is 13.0. The number of aryl methyl sites for hydroxylation is 1. The largest absolute Gasteiger partial charge is 0.376 e. The number of benzene rings is 1. The Morgan fingerprint density at radius 3 is 3.00 bits per heavy atom. The first kappa shape index (κ1) is 16.4. The highest BCUT2D eigenvalue weighted by Crippen LogP contribution is 2.39. The summed E-state index contributed by atoms with van der Waals surface area (Å²) in [5, 5.41) is 8.29. The third kappa shape index (κ3) is 3.57. The molecular formula is C16H22N2O4S. The van der Waals surface area contributed by atoms with Crippen molar-refractivity contribution in [2.45, 2.75) is 55.1 Å². The van der Waals surface area contributed by atoms with Crippen molar-refractivity contribution in [1.82, 2.24) is 5.32 Å². The number of ether oxygens (including phenoxy) is 1. The quantitative estimate of drug-likeness (QED) is 0.840. The standard InChI is InChI=1S/C16H22N2O4S/c17-23(20,21)13-4-1-3-12(11-13)6-7-15(19)18-16-8-2-5-14(16)22-10-9-16/h1,3-4,11,14H,2,5-10H2,(H,18,19)(H2,17,20,21)/t14-,16+/m1/s1. The number of carbonyl (C=O) groups excluding carboxylic acids is 1. The summed E-state index contributed by atoms with van der Waals surface area (Å²) in [6.45, 7) is 0.710. The maximum absolute atomic E-state index is 12.3. The first-order valence-electron chi connectivity index (χ1n) is 7.93. The van der Waals surface area contributed by atoms with Gasteiger partial charge in [-0.25, -0.2) is 13.6 Å². The van der Waals surface area contributed by atoms with Crippen LogP contribution in [0.3, 0.4) is 0 Å². The minimum atomic E-state index is -3.71. The fraction of sp³-hybridized carbons (Fsp3) is 0.562. The monoisotopic (exact) mass is 338 g/mol. The van der Waals surface area contributed by atoms with Gasteiger partial charge in [0.15, 0.2) is 0 Å². The lowest BCUT2D eigenvalue weighted by Crippen LogP contribution is -2.51. The topological polar surface area (TPSA) is 98.5 Å². The molecule has 1 aliphatic carbocycles. The molecule has 0 unspecified atom stereocenters. The van der Waals surface area contributed by atoms with Crippen LogP contribution in [0, 0.1) is 0 Å². The fourth-order valence-corrected chi connectivity index (χ4v) is 4.22. The van der Waals surface area contributed by atoms with Gasteiger partial charge in [0.2, 0.25) is 15.9 Å². The molecule has 1 aliphatic heterocycles. The van der Waals surface area contributed by atoms with Gasteiger partial charge in [-0.3, -0.25) is 4.79 Å². The van der Waals surface area contributed by atoms with Crippen molar-refractivity contribution in [2.24, 2.45) is 5.14 Å². The van der Waals surface area contributed by atoms with Crippen molar-refractivity contribution in [3.05, 3.63) is 29.8 Å². The minimum Gasteiger partial charge on any atom is -0.376 e. The van der Waals surface area contributed by atoms with E-state index in [1.807, 2.05) is 0 Å². The Hall–Kier alpha value is -1.44. The maximum Gasteiger partial charge on any atom is 0.238 e. The number of primary sulfonamides is 1. The Morgan fingerprint density at radius 1 is 1.39 bits per heavy atom. The number of rotatable bonds is 5. The zero-order chi connectivity index (χ0) is 16.5. The summed E-state index contributed by atoms with van der Waals surface area (Å²) in [6, 6.07) is 6.43. The highest BCUT2D eigenvalue weighted by atomic mass is 32.2. The van der Waals surface area contributed by atoms with Crippen molar-refractivity contribution < 1.29 is 17.9 Å². The highest BCUT2D eigenvalue weighted by molar-refractivity contribution is 7.89. The van der Waals surface area contributed by atoms with Crippen molar-refractivity contribution in [3.8, 4) is 0 Å². The lowest BCUT2D eigenvalue weighted by Gasteiger charge is -2.29. The second-order valence-electron chi connectivity index (χ2n) is 6.40. The molecule has 3 N–H and O–H groups in total. The van der Waals surface area contributed by atoms with Crippen LogP contribution < -0.4 is 10.5 Å². The average Bonchev–Trinajstić information content (AvgIpc) is 3.04. The summed E-state index contributed by atoms with van der Waals surface area (Å²) >= 11 is 0. The molecule has 0 spiro atoms. The molecule has 6 nitrogen and oxygen atoms in total. The van der Waals surface area contributed by atoms with Gasteiger partial charge in [-0.2, -0.15) is 0 Å². The van der Waals surface area contributed by atoms with Gasteiger partial charge < -0.3 is 10.1 Å². The summed E-state index contributed by atoms with van der Waals surface area (Å²) in [7, 11) is -3.71. The van der Waals surface area contributed by atoms with Crippen LogP contribution in [0.1, 0.15) is 37.7 Å². The van der Waals surface area contributed by atoms with Gasteiger partial charge in [0.1, 0.15) is 0 Å². The van der Waals surface area contributed by atoms with Crippen molar-refractivity contribution in [1.29, 1.82) is 0 Å². The number of sulfonamides is 1.